The van der Waals surface area contributed by atoms with Gasteiger partial charge in [0.25, 0.3) is 0 Å². The van der Waals surface area contributed by atoms with Gasteiger partial charge in [-0.3, -0.25) is 4.90 Å². The van der Waals surface area contributed by atoms with E-state index in [0.717, 1.165) is 36.0 Å². The first-order valence-corrected chi connectivity index (χ1v) is 13.5. The monoisotopic (exact) mass is 538 g/mol. The van der Waals surface area contributed by atoms with Crippen molar-refractivity contribution < 1.29 is 29.6 Å². The fourth-order valence-corrected chi connectivity index (χ4v) is 6.54. The number of hydrogen-bond acceptors (Lipinski definition) is 6. The van der Waals surface area contributed by atoms with Gasteiger partial charge in [0.1, 0.15) is 18.5 Å². The van der Waals surface area contributed by atoms with Gasteiger partial charge in [-0.05, 0) is 92.9 Å². The van der Waals surface area contributed by atoms with Crippen molar-refractivity contribution in [2.75, 3.05) is 19.7 Å². The number of ether oxygens (including phenoxy) is 1. The molecular weight excluding hydrogens is 504 g/mol. The highest BCUT2D eigenvalue weighted by atomic mass is 32.1. The standard InChI is InChI=1S/C27H32N2O2S.C2H2O4/c1-17-11-18(2)23-14-26(32-27(23)12-17)20-8-10-29(19(3)13-20)15-21(30)16-31-25-6-4-5-24-22(25)7-9-28-24;3-1(4)2(5)6/h4-7,9,11-12,14,19-21,28,30H,8,10,13,15-16H2,1-3H3;(H,3,4)(H,5,6)/t19-,20-,21+;/m1./s1. The summed E-state index contributed by atoms with van der Waals surface area (Å²) in [5.41, 5.74) is 3.78. The maximum atomic E-state index is 10.7. The van der Waals surface area contributed by atoms with Crippen molar-refractivity contribution in [3.8, 4) is 5.75 Å². The number of hydrogen-bond donors (Lipinski definition) is 4. The zero-order valence-electron chi connectivity index (χ0n) is 21.8. The number of piperidine rings is 1. The van der Waals surface area contributed by atoms with Crippen molar-refractivity contribution in [1.29, 1.82) is 0 Å². The second-order valence-corrected chi connectivity index (χ2v) is 11.1. The molecule has 3 atom stereocenters. The Morgan fingerprint density at radius 1 is 1.13 bits per heavy atom. The highest BCUT2D eigenvalue weighted by Crippen LogP contribution is 2.39. The second kappa shape index (κ2) is 12.0. The number of carboxylic acids is 2. The molecule has 3 heterocycles. The molecule has 9 heteroatoms. The molecule has 1 aliphatic heterocycles. The molecule has 0 radical (unpaired) electrons. The van der Waals surface area contributed by atoms with Crippen molar-refractivity contribution >= 4 is 44.3 Å². The van der Waals surface area contributed by atoms with Crippen molar-refractivity contribution in [2.24, 2.45) is 0 Å². The molecule has 4 aromatic rings. The van der Waals surface area contributed by atoms with Gasteiger partial charge in [0.15, 0.2) is 0 Å². The molecule has 0 bridgehead atoms. The largest absolute Gasteiger partial charge is 0.490 e. The third-order valence-electron chi connectivity index (χ3n) is 7.04. The van der Waals surface area contributed by atoms with Crippen LogP contribution in [0.3, 0.4) is 0 Å². The number of aryl methyl sites for hydroxylation is 2. The number of nitrogens with zero attached hydrogens (tertiary/aromatic N) is 1. The Hall–Kier alpha value is -3.40. The summed E-state index contributed by atoms with van der Waals surface area (Å²) in [6, 6.07) is 15.5. The summed E-state index contributed by atoms with van der Waals surface area (Å²) in [6.45, 7) is 8.68. The van der Waals surface area contributed by atoms with E-state index in [1.54, 1.807) is 0 Å². The van der Waals surface area contributed by atoms with Crippen LogP contribution < -0.4 is 4.74 Å². The molecule has 4 N–H and O–H groups in total. The summed E-state index contributed by atoms with van der Waals surface area (Å²) < 4.78 is 7.38. The summed E-state index contributed by atoms with van der Waals surface area (Å²) in [6.07, 6.45) is 3.70. The van der Waals surface area contributed by atoms with E-state index >= 15 is 0 Å². The van der Waals surface area contributed by atoms with Crippen LogP contribution in [0, 0.1) is 13.8 Å². The number of carbonyl (C=O) groups is 2. The Bertz CT molecular complexity index is 1420. The van der Waals surface area contributed by atoms with E-state index in [0.29, 0.717) is 25.1 Å². The van der Waals surface area contributed by atoms with Crippen molar-refractivity contribution in [3.63, 3.8) is 0 Å². The number of aromatic nitrogens is 1. The van der Waals surface area contributed by atoms with Gasteiger partial charge in [-0.1, -0.05) is 12.1 Å². The number of fused-ring (bicyclic) bond motifs is 2. The third-order valence-corrected chi connectivity index (χ3v) is 8.28. The number of rotatable bonds is 6. The smallest absolute Gasteiger partial charge is 0.414 e. The highest BCUT2D eigenvalue weighted by Gasteiger charge is 2.29. The molecule has 8 nitrogen and oxygen atoms in total. The molecule has 202 valence electrons. The molecule has 5 rings (SSSR count). The van der Waals surface area contributed by atoms with Gasteiger partial charge in [-0.15, -0.1) is 11.3 Å². The SMILES string of the molecule is Cc1cc(C)c2cc([C@@H]3CCN(C[C@H](O)COc4cccc5[nH]ccc45)[C@H](C)C3)sc2c1.O=C(O)C(=O)O. The van der Waals surface area contributed by atoms with E-state index in [9.17, 15) is 5.11 Å². The van der Waals surface area contributed by atoms with Gasteiger partial charge in [-0.25, -0.2) is 9.59 Å². The Balaban J connectivity index is 0.000000505. The average molecular weight is 539 g/mol. The molecule has 2 aromatic carbocycles. The van der Waals surface area contributed by atoms with Crippen LogP contribution in [0.1, 0.15) is 41.7 Å². The number of carboxylic acid groups (broad SMARTS) is 2. The summed E-state index contributed by atoms with van der Waals surface area (Å²) in [5.74, 6) is -2.22. The zero-order valence-corrected chi connectivity index (χ0v) is 22.6. The molecular formula is C29H34N2O6S. The number of aliphatic carboxylic acids is 2. The fraction of sp³-hybridized carbons (Fsp3) is 0.379. The Morgan fingerprint density at radius 3 is 2.61 bits per heavy atom. The van der Waals surface area contributed by atoms with Crippen LogP contribution in [-0.4, -0.2) is 69.0 Å². The third kappa shape index (κ3) is 6.53. The van der Waals surface area contributed by atoms with Gasteiger partial charge < -0.3 is 25.0 Å². The number of thiophene rings is 1. The number of H-pyrrole nitrogens is 1. The van der Waals surface area contributed by atoms with Crippen LogP contribution in [-0.2, 0) is 9.59 Å². The lowest BCUT2D eigenvalue weighted by atomic mass is 9.89. The first-order valence-electron chi connectivity index (χ1n) is 12.7. The predicted octanol–water partition coefficient (Wildman–Crippen LogP) is 5.16. The van der Waals surface area contributed by atoms with E-state index in [2.05, 4.69) is 48.9 Å². The average Bonchev–Trinajstić information content (AvgIpc) is 3.52. The van der Waals surface area contributed by atoms with E-state index in [4.69, 9.17) is 24.5 Å². The normalized spacial score (nSPS) is 18.6. The minimum atomic E-state index is -1.82. The minimum Gasteiger partial charge on any atom is -0.490 e. The summed E-state index contributed by atoms with van der Waals surface area (Å²) in [4.78, 5) is 25.3. The number of aliphatic hydroxyl groups is 1. The molecule has 0 unspecified atom stereocenters. The van der Waals surface area contributed by atoms with Gasteiger partial charge in [0.2, 0.25) is 0 Å². The molecule has 0 spiro atoms. The number of benzene rings is 2. The number of aromatic amines is 1. The van der Waals surface area contributed by atoms with Crippen molar-refractivity contribution in [1.82, 2.24) is 9.88 Å². The first kappa shape index (κ1) is 27.6. The number of aliphatic hydroxyl groups excluding tert-OH is 1. The van der Waals surface area contributed by atoms with Crippen molar-refractivity contribution in [2.45, 2.75) is 51.7 Å². The van der Waals surface area contributed by atoms with Crippen LogP contribution in [0.5, 0.6) is 5.75 Å². The Morgan fingerprint density at radius 2 is 1.89 bits per heavy atom. The molecule has 2 aromatic heterocycles. The number of likely N-dealkylation sites (tertiary alicyclic amines) is 1. The molecule has 0 amide bonds. The molecule has 0 saturated carbocycles. The quantitative estimate of drug-likeness (QED) is 0.250. The van der Waals surface area contributed by atoms with Crippen LogP contribution >= 0.6 is 11.3 Å². The lowest BCUT2D eigenvalue weighted by Gasteiger charge is -2.38. The Kier molecular flexibility index (Phi) is 8.71. The molecule has 0 aliphatic carbocycles. The van der Waals surface area contributed by atoms with E-state index in [-0.39, 0.29) is 0 Å². The van der Waals surface area contributed by atoms with Gasteiger partial charge in [0, 0.05) is 39.3 Å². The van der Waals surface area contributed by atoms with Crippen LogP contribution in [0.2, 0.25) is 0 Å². The lowest BCUT2D eigenvalue weighted by molar-refractivity contribution is -0.159. The number of nitrogens with one attached hydrogen (secondary N) is 1. The maximum absolute atomic E-state index is 10.7. The fourth-order valence-electron chi connectivity index (χ4n) is 5.15. The maximum Gasteiger partial charge on any atom is 0.414 e. The number of β-amino-alcohol motifs (C(OH)–C–C–N with tert-alkyl or cyclic N) is 1. The van der Waals surface area contributed by atoms with Crippen LogP contribution in [0.4, 0.5) is 0 Å². The summed E-state index contributed by atoms with van der Waals surface area (Å²) in [7, 11) is 0. The molecule has 1 aliphatic rings. The molecule has 1 saturated heterocycles. The topological polar surface area (TPSA) is 123 Å². The molecule has 38 heavy (non-hydrogen) atoms. The minimum absolute atomic E-state index is 0.311. The van der Waals surface area contributed by atoms with Gasteiger partial charge >= 0.3 is 11.9 Å². The lowest BCUT2D eigenvalue weighted by Crippen LogP contribution is -2.45. The Labute approximate surface area is 225 Å². The molecule has 1 fully saturated rings. The first-order chi connectivity index (χ1) is 18.1. The van der Waals surface area contributed by atoms with E-state index < -0.39 is 18.0 Å². The van der Waals surface area contributed by atoms with Crippen LogP contribution in [0.15, 0.2) is 48.7 Å². The second-order valence-electron chi connectivity index (χ2n) is 9.98. The van der Waals surface area contributed by atoms with Gasteiger partial charge in [0.05, 0.1) is 0 Å². The van der Waals surface area contributed by atoms with Gasteiger partial charge in [-0.2, -0.15) is 0 Å². The van der Waals surface area contributed by atoms with Crippen LogP contribution in [0.25, 0.3) is 21.0 Å². The van der Waals surface area contributed by atoms with Crippen molar-refractivity contribution in [3.05, 3.63) is 64.7 Å². The highest BCUT2D eigenvalue weighted by molar-refractivity contribution is 7.19. The summed E-state index contributed by atoms with van der Waals surface area (Å²) in [5, 5.41) is 27.9. The summed E-state index contributed by atoms with van der Waals surface area (Å²) >= 11 is 1.97. The van der Waals surface area contributed by atoms with E-state index in [1.807, 2.05) is 41.8 Å². The zero-order chi connectivity index (χ0) is 27.4. The van der Waals surface area contributed by atoms with E-state index in [1.165, 1.54) is 26.1 Å². The predicted molar refractivity (Wildman–Crippen MR) is 149 cm³/mol.